The molecule has 1 heterocycles. The Morgan fingerprint density at radius 2 is 2.44 bits per heavy atom. The van der Waals surface area contributed by atoms with E-state index in [4.69, 9.17) is 16.9 Å². The van der Waals surface area contributed by atoms with Crippen molar-refractivity contribution in [3.8, 4) is 6.07 Å². The number of halogens is 1. The van der Waals surface area contributed by atoms with E-state index in [1.54, 1.807) is 0 Å². The summed E-state index contributed by atoms with van der Waals surface area (Å²) in [5.74, 6) is 0. The summed E-state index contributed by atoms with van der Waals surface area (Å²) in [5, 5.41) is 13.1. The van der Waals surface area contributed by atoms with Crippen molar-refractivity contribution in [3.05, 3.63) is 10.0 Å². The Morgan fingerprint density at radius 1 is 1.69 bits per heavy atom. The molecular formula is C10H12ClN3S2. The Bertz CT molecular complexity index is 415. The molecule has 16 heavy (non-hydrogen) atoms. The van der Waals surface area contributed by atoms with Gasteiger partial charge in [-0.3, -0.25) is 0 Å². The first-order valence-electron chi connectivity index (χ1n) is 5.04. The number of nitrogens with one attached hydrogen (secondary N) is 1. The number of hydrogen-bond donors (Lipinski definition) is 1. The zero-order valence-corrected chi connectivity index (χ0v) is 11.3. The first-order chi connectivity index (χ1) is 7.69. The Hall–Kier alpha value is -0.440. The monoisotopic (exact) mass is 273 g/mol. The zero-order chi connectivity index (χ0) is 11.6. The SMILES string of the molecule is CSC1(CNc2nc(Cl)c(C#N)s2)CCC1. The molecule has 1 aromatic rings. The van der Waals surface area contributed by atoms with Gasteiger partial charge in [0.1, 0.15) is 10.9 Å². The van der Waals surface area contributed by atoms with Gasteiger partial charge < -0.3 is 5.32 Å². The molecule has 1 aromatic heterocycles. The van der Waals surface area contributed by atoms with Crippen molar-refractivity contribution in [2.45, 2.75) is 24.0 Å². The Morgan fingerprint density at radius 3 is 2.88 bits per heavy atom. The third kappa shape index (κ3) is 2.29. The Balaban J connectivity index is 1.97. The fourth-order valence-electron chi connectivity index (χ4n) is 1.71. The van der Waals surface area contributed by atoms with Gasteiger partial charge in [-0.05, 0) is 19.1 Å². The number of hydrogen-bond acceptors (Lipinski definition) is 5. The number of nitriles is 1. The molecule has 1 N–H and O–H groups in total. The molecule has 3 nitrogen and oxygen atoms in total. The van der Waals surface area contributed by atoms with Gasteiger partial charge in [0.05, 0.1) is 0 Å². The van der Waals surface area contributed by atoms with E-state index in [1.165, 1.54) is 30.6 Å². The quantitative estimate of drug-likeness (QED) is 0.914. The molecule has 86 valence electrons. The molecule has 0 amide bonds. The molecule has 0 aliphatic heterocycles. The zero-order valence-electron chi connectivity index (χ0n) is 8.92. The number of anilines is 1. The standard InChI is InChI=1S/C10H12ClN3S2/c1-15-10(3-2-4-10)6-13-9-14-8(11)7(5-12)16-9/h2-4,6H2,1H3,(H,13,14). The predicted molar refractivity (Wildman–Crippen MR) is 70.4 cm³/mol. The number of rotatable bonds is 4. The van der Waals surface area contributed by atoms with Crippen molar-refractivity contribution in [1.82, 2.24) is 4.98 Å². The van der Waals surface area contributed by atoms with Crippen LogP contribution in [-0.4, -0.2) is 22.5 Å². The molecule has 0 unspecified atom stereocenters. The highest BCUT2D eigenvalue weighted by atomic mass is 35.5. The summed E-state index contributed by atoms with van der Waals surface area (Å²) < 4.78 is 0.366. The maximum Gasteiger partial charge on any atom is 0.185 e. The molecule has 1 aliphatic carbocycles. The average molecular weight is 274 g/mol. The van der Waals surface area contributed by atoms with Crippen LogP contribution < -0.4 is 5.32 Å². The largest absolute Gasteiger partial charge is 0.360 e. The second kappa shape index (κ2) is 4.82. The maximum atomic E-state index is 8.77. The minimum atomic E-state index is 0.307. The lowest BCUT2D eigenvalue weighted by Gasteiger charge is -2.40. The van der Waals surface area contributed by atoms with Crippen LogP contribution in [0.25, 0.3) is 0 Å². The highest BCUT2D eigenvalue weighted by Gasteiger charge is 2.36. The van der Waals surface area contributed by atoms with Crippen molar-refractivity contribution in [1.29, 1.82) is 5.26 Å². The predicted octanol–water partition coefficient (Wildman–Crippen LogP) is 3.37. The van der Waals surface area contributed by atoms with Crippen LogP contribution >= 0.6 is 34.7 Å². The summed E-state index contributed by atoms with van der Waals surface area (Å²) in [5.41, 5.74) is 0. The molecule has 0 atom stereocenters. The molecule has 0 radical (unpaired) electrons. The van der Waals surface area contributed by atoms with Gasteiger partial charge in [-0.25, -0.2) is 4.98 Å². The minimum Gasteiger partial charge on any atom is -0.360 e. The van der Waals surface area contributed by atoms with Gasteiger partial charge in [0.25, 0.3) is 0 Å². The molecule has 0 saturated heterocycles. The van der Waals surface area contributed by atoms with Crippen molar-refractivity contribution in [3.63, 3.8) is 0 Å². The molecule has 0 spiro atoms. The Labute approximate surface area is 108 Å². The van der Waals surface area contributed by atoms with E-state index in [-0.39, 0.29) is 0 Å². The lowest BCUT2D eigenvalue weighted by molar-refractivity contribution is 0.380. The van der Waals surface area contributed by atoms with Crippen LogP contribution in [0.1, 0.15) is 24.1 Å². The van der Waals surface area contributed by atoms with Crippen LogP contribution in [0.3, 0.4) is 0 Å². The molecule has 0 bridgehead atoms. The minimum absolute atomic E-state index is 0.307. The molecule has 6 heteroatoms. The fourth-order valence-corrected chi connectivity index (χ4v) is 3.56. The summed E-state index contributed by atoms with van der Waals surface area (Å²) >= 11 is 9.04. The Kier molecular flexibility index (Phi) is 3.63. The number of thioether (sulfide) groups is 1. The van der Waals surface area contributed by atoms with E-state index in [0.29, 0.717) is 14.8 Å². The highest BCUT2D eigenvalue weighted by molar-refractivity contribution is 8.00. The maximum absolute atomic E-state index is 8.77. The van der Waals surface area contributed by atoms with E-state index in [9.17, 15) is 0 Å². The summed E-state index contributed by atoms with van der Waals surface area (Å²) in [6.07, 6.45) is 5.97. The van der Waals surface area contributed by atoms with Gasteiger partial charge >= 0.3 is 0 Å². The number of thiazole rings is 1. The third-order valence-electron chi connectivity index (χ3n) is 2.95. The molecule has 2 rings (SSSR count). The van der Waals surface area contributed by atoms with E-state index < -0.39 is 0 Å². The smallest absolute Gasteiger partial charge is 0.185 e. The first kappa shape index (κ1) is 12.0. The molecule has 1 fully saturated rings. The van der Waals surface area contributed by atoms with E-state index in [1.807, 2.05) is 17.8 Å². The van der Waals surface area contributed by atoms with Crippen LogP contribution in [0, 0.1) is 11.3 Å². The van der Waals surface area contributed by atoms with Gasteiger partial charge in [-0.15, -0.1) is 0 Å². The van der Waals surface area contributed by atoms with Crippen molar-refractivity contribution >= 4 is 39.8 Å². The lowest BCUT2D eigenvalue weighted by atomic mass is 9.84. The van der Waals surface area contributed by atoms with Crippen LogP contribution in [0.2, 0.25) is 5.15 Å². The van der Waals surface area contributed by atoms with Crippen LogP contribution in [0.15, 0.2) is 0 Å². The van der Waals surface area contributed by atoms with Gasteiger partial charge in [-0.1, -0.05) is 29.4 Å². The summed E-state index contributed by atoms with van der Waals surface area (Å²) in [4.78, 5) is 4.60. The van der Waals surface area contributed by atoms with Crippen molar-refractivity contribution < 1.29 is 0 Å². The van der Waals surface area contributed by atoms with Crippen LogP contribution in [0.5, 0.6) is 0 Å². The van der Waals surface area contributed by atoms with Crippen molar-refractivity contribution in [2.24, 2.45) is 0 Å². The summed E-state index contributed by atoms with van der Waals surface area (Å²) in [6, 6.07) is 2.03. The van der Waals surface area contributed by atoms with Gasteiger partial charge in [0, 0.05) is 11.3 Å². The van der Waals surface area contributed by atoms with Crippen molar-refractivity contribution in [2.75, 3.05) is 18.1 Å². The van der Waals surface area contributed by atoms with Crippen LogP contribution in [-0.2, 0) is 0 Å². The molecule has 0 aromatic carbocycles. The second-order valence-electron chi connectivity index (χ2n) is 3.84. The molecule has 1 aliphatic rings. The van der Waals surface area contributed by atoms with Gasteiger partial charge in [-0.2, -0.15) is 17.0 Å². The fraction of sp³-hybridized carbons (Fsp3) is 0.600. The molecule has 1 saturated carbocycles. The number of aromatic nitrogens is 1. The summed E-state index contributed by atoms with van der Waals surface area (Å²) in [6.45, 7) is 0.906. The molecular weight excluding hydrogens is 262 g/mol. The normalized spacial score (nSPS) is 17.6. The topological polar surface area (TPSA) is 48.7 Å². The van der Waals surface area contributed by atoms with Crippen LogP contribution in [0.4, 0.5) is 5.13 Å². The highest BCUT2D eigenvalue weighted by Crippen LogP contribution is 2.43. The first-order valence-corrected chi connectivity index (χ1v) is 7.46. The van der Waals surface area contributed by atoms with E-state index in [2.05, 4.69) is 16.6 Å². The summed E-state index contributed by atoms with van der Waals surface area (Å²) in [7, 11) is 0. The lowest BCUT2D eigenvalue weighted by Crippen LogP contribution is -2.40. The van der Waals surface area contributed by atoms with Gasteiger partial charge in [0.15, 0.2) is 10.3 Å². The number of nitrogens with zero attached hydrogens (tertiary/aromatic N) is 2. The van der Waals surface area contributed by atoms with E-state index in [0.717, 1.165) is 11.7 Å². The average Bonchev–Trinajstić information content (AvgIpc) is 2.58. The van der Waals surface area contributed by atoms with E-state index >= 15 is 0 Å². The van der Waals surface area contributed by atoms with Gasteiger partial charge in [0.2, 0.25) is 0 Å². The third-order valence-corrected chi connectivity index (χ3v) is 5.67. The second-order valence-corrected chi connectivity index (χ2v) is 6.48.